The van der Waals surface area contributed by atoms with E-state index in [4.69, 9.17) is 23.7 Å². The summed E-state index contributed by atoms with van der Waals surface area (Å²) in [6, 6.07) is 10.2. The van der Waals surface area contributed by atoms with Crippen LogP contribution in [0.15, 0.2) is 42.5 Å². The van der Waals surface area contributed by atoms with Gasteiger partial charge in [-0.1, -0.05) is 0 Å². The van der Waals surface area contributed by atoms with Gasteiger partial charge in [0, 0.05) is 23.4 Å². The Morgan fingerprint density at radius 2 is 1.89 bits per heavy atom. The third-order valence-corrected chi connectivity index (χ3v) is 3.84. The Hall–Kier alpha value is -3.68. The SMILES string of the molecule is COc1ccc(OC)c(/C=C/C(=O)OCC(=O)Nc2ccc3c(c2)OCO3)c1. The summed E-state index contributed by atoms with van der Waals surface area (Å²) >= 11 is 0. The molecule has 1 aliphatic heterocycles. The molecular formula is C20H19NO7. The molecule has 2 aromatic rings. The number of ether oxygens (including phenoxy) is 5. The maximum Gasteiger partial charge on any atom is 0.331 e. The molecule has 3 rings (SSSR count). The molecule has 8 nitrogen and oxygen atoms in total. The monoisotopic (exact) mass is 385 g/mol. The second-order valence-corrected chi connectivity index (χ2v) is 5.67. The van der Waals surface area contributed by atoms with Gasteiger partial charge in [-0.2, -0.15) is 0 Å². The minimum Gasteiger partial charge on any atom is -0.497 e. The molecule has 0 aliphatic carbocycles. The predicted molar refractivity (Wildman–Crippen MR) is 101 cm³/mol. The third kappa shape index (κ3) is 4.73. The molecule has 0 atom stereocenters. The molecule has 28 heavy (non-hydrogen) atoms. The van der Waals surface area contributed by atoms with Crippen LogP contribution < -0.4 is 24.3 Å². The molecule has 0 bridgehead atoms. The summed E-state index contributed by atoms with van der Waals surface area (Å²) in [6.07, 6.45) is 2.74. The first-order chi connectivity index (χ1) is 13.6. The van der Waals surface area contributed by atoms with Gasteiger partial charge in [-0.05, 0) is 36.4 Å². The van der Waals surface area contributed by atoms with E-state index in [0.29, 0.717) is 34.2 Å². The summed E-state index contributed by atoms with van der Waals surface area (Å²) in [7, 11) is 3.07. The van der Waals surface area contributed by atoms with E-state index in [9.17, 15) is 9.59 Å². The lowest BCUT2D eigenvalue weighted by Gasteiger charge is -2.07. The van der Waals surface area contributed by atoms with E-state index in [1.807, 2.05) is 0 Å². The fourth-order valence-corrected chi connectivity index (χ4v) is 2.48. The number of fused-ring (bicyclic) bond motifs is 1. The average Bonchev–Trinajstić information content (AvgIpc) is 3.18. The lowest BCUT2D eigenvalue weighted by atomic mass is 10.1. The molecule has 1 heterocycles. The number of hydrogen-bond donors (Lipinski definition) is 1. The zero-order valence-corrected chi connectivity index (χ0v) is 15.4. The van der Waals surface area contributed by atoms with Crippen LogP contribution in [0.25, 0.3) is 6.08 Å². The number of carbonyl (C=O) groups is 2. The van der Waals surface area contributed by atoms with Crippen molar-refractivity contribution >= 4 is 23.6 Å². The van der Waals surface area contributed by atoms with Gasteiger partial charge in [0.05, 0.1) is 14.2 Å². The summed E-state index contributed by atoms with van der Waals surface area (Å²) < 4.78 is 25.8. The van der Waals surface area contributed by atoms with E-state index in [0.717, 1.165) is 0 Å². The van der Waals surface area contributed by atoms with Crippen LogP contribution >= 0.6 is 0 Å². The smallest absolute Gasteiger partial charge is 0.331 e. The van der Waals surface area contributed by atoms with Crippen LogP contribution in [0.5, 0.6) is 23.0 Å². The van der Waals surface area contributed by atoms with Crippen LogP contribution in [0.3, 0.4) is 0 Å². The van der Waals surface area contributed by atoms with Crippen molar-refractivity contribution in [1.29, 1.82) is 0 Å². The number of amides is 1. The molecule has 1 aliphatic rings. The highest BCUT2D eigenvalue weighted by molar-refractivity contribution is 5.95. The van der Waals surface area contributed by atoms with E-state index >= 15 is 0 Å². The molecule has 8 heteroatoms. The van der Waals surface area contributed by atoms with E-state index in [2.05, 4.69) is 5.32 Å². The van der Waals surface area contributed by atoms with Gasteiger partial charge in [0.2, 0.25) is 6.79 Å². The number of methoxy groups -OCH3 is 2. The molecule has 1 amide bonds. The molecule has 0 saturated carbocycles. The largest absolute Gasteiger partial charge is 0.497 e. The van der Waals surface area contributed by atoms with Crippen LogP contribution in [0.2, 0.25) is 0 Å². The van der Waals surface area contributed by atoms with Crippen molar-refractivity contribution in [2.45, 2.75) is 0 Å². The van der Waals surface area contributed by atoms with Crippen molar-refractivity contribution < 1.29 is 33.3 Å². The minimum atomic E-state index is -0.661. The Bertz CT molecular complexity index is 907. The lowest BCUT2D eigenvalue weighted by Crippen LogP contribution is -2.20. The van der Waals surface area contributed by atoms with Crippen molar-refractivity contribution in [1.82, 2.24) is 0 Å². The standard InChI is InChI=1S/C20H19NO7/c1-24-15-5-7-16(25-2)13(9-15)3-8-20(23)26-11-19(22)21-14-4-6-17-18(10-14)28-12-27-17/h3-10H,11-12H2,1-2H3,(H,21,22)/b8-3+. The van der Waals surface area contributed by atoms with Crippen molar-refractivity contribution in [2.75, 3.05) is 32.9 Å². The quantitative estimate of drug-likeness (QED) is 0.579. The Labute approximate surface area is 161 Å². The average molecular weight is 385 g/mol. The number of carbonyl (C=O) groups excluding carboxylic acids is 2. The van der Waals surface area contributed by atoms with E-state index in [1.54, 1.807) is 43.5 Å². The first-order valence-electron chi connectivity index (χ1n) is 8.35. The van der Waals surface area contributed by atoms with Gasteiger partial charge in [0.1, 0.15) is 11.5 Å². The summed E-state index contributed by atoms with van der Waals surface area (Å²) in [5.41, 5.74) is 1.16. The molecule has 1 N–H and O–H groups in total. The number of esters is 1. The Balaban J connectivity index is 1.52. The topological polar surface area (TPSA) is 92.3 Å². The van der Waals surface area contributed by atoms with Crippen molar-refractivity contribution in [3.8, 4) is 23.0 Å². The molecule has 0 spiro atoms. The van der Waals surface area contributed by atoms with Gasteiger partial charge >= 0.3 is 5.97 Å². The van der Waals surface area contributed by atoms with Gasteiger partial charge in [-0.25, -0.2) is 4.79 Å². The van der Waals surface area contributed by atoms with Gasteiger partial charge in [-0.3, -0.25) is 4.79 Å². The van der Waals surface area contributed by atoms with Crippen LogP contribution in [0.4, 0.5) is 5.69 Å². The van der Waals surface area contributed by atoms with Crippen LogP contribution in [-0.2, 0) is 14.3 Å². The molecular weight excluding hydrogens is 366 g/mol. The Morgan fingerprint density at radius 1 is 1.07 bits per heavy atom. The second-order valence-electron chi connectivity index (χ2n) is 5.67. The number of hydrogen-bond acceptors (Lipinski definition) is 7. The fourth-order valence-electron chi connectivity index (χ4n) is 2.48. The third-order valence-electron chi connectivity index (χ3n) is 3.84. The fraction of sp³-hybridized carbons (Fsp3) is 0.200. The zero-order valence-electron chi connectivity index (χ0n) is 15.4. The molecule has 146 valence electrons. The number of benzene rings is 2. The first-order valence-corrected chi connectivity index (χ1v) is 8.35. The molecule has 0 unspecified atom stereocenters. The van der Waals surface area contributed by atoms with Crippen LogP contribution in [0, 0.1) is 0 Å². The lowest BCUT2D eigenvalue weighted by molar-refractivity contribution is -0.142. The predicted octanol–water partition coefficient (Wildman–Crippen LogP) is 2.63. The summed E-state index contributed by atoms with van der Waals surface area (Å²) in [4.78, 5) is 23.8. The van der Waals surface area contributed by atoms with Gasteiger partial charge in [0.25, 0.3) is 5.91 Å². The summed E-state index contributed by atoms with van der Waals surface area (Å²) in [6.45, 7) is -0.276. The van der Waals surface area contributed by atoms with Gasteiger partial charge < -0.3 is 29.0 Å². The van der Waals surface area contributed by atoms with Crippen molar-refractivity contribution in [3.63, 3.8) is 0 Å². The van der Waals surface area contributed by atoms with Gasteiger partial charge in [0.15, 0.2) is 18.1 Å². The number of nitrogens with one attached hydrogen (secondary N) is 1. The van der Waals surface area contributed by atoms with Crippen molar-refractivity contribution in [3.05, 3.63) is 48.0 Å². The normalized spacial score (nSPS) is 11.9. The molecule has 0 aromatic heterocycles. The van der Waals surface area contributed by atoms with Crippen LogP contribution in [0.1, 0.15) is 5.56 Å². The second kappa shape index (κ2) is 8.81. The highest BCUT2D eigenvalue weighted by atomic mass is 16.7. The molecule has 2 aromatic carbocycles. The number of anilines is 1. The Kier molecular flexibility index (Phi) is 6.01. The minimum absolute atomic E-state index is 0.148. The summed E-state index contributed by atoms with van der Waals surface area (Å²) in [5.74, 6) is 1.22. The van der Waals surface area contributed by atoms with Crippen LogP contribution in [-0.4, -0.2) is 39.5 Å². The maximum atomic E-state index is 12.0. The molecule has 0 saturated heterocycles. The highest BCUT2D eigenvalue weighted by Gasteiger charge is 2.14. The maximum absolute atomic E-state index is 12.0. The zero-order chi connectivity index (χ0) is 19.9. The first kappa shape index (κ1) is 19.1. The summed E-state index contributed by atoms with van der Waals surface area (Å²) in [5, 5.41) is 2.62. The van der Waals surface area contributed by atoms with Gasteiger partial charge in [-0.15, -0.1) is 0 Å². The van der Waals surface area contributed by atoms with E-state index < -0.39 is 18.5 Å². The Morgan fingerprint density at radius 3 is 2.68 bits per heavy atom. The van der Waals surface area contributed by atoms with Crippen molar-refractivity contribution in [2.24, 2.45) is 0 Å². The van der Waals surface area contributed by atoms with E-state index in [1.165, 1.54) is 19.3 Å². The number of rotatable bonds is 7. The van der Waals surface area contributed by atoms with E-state index in [-0.39, 0.29) is 6.79 Å². The molecule has 0 radical (unpaired) electrons. The molecule has 0 fully saturated rings. The highest BCUT2D eigenvalue weighted by Crippen LogP contribution is 2.34.